The third kappa shape index (κ3) is 2.16. The Morgan fingerprint density at radius 2 is 1.79 bits per heavy atom. The normalized spacial score (nSPS) is 17.6. The summed E-state index contributed by atoms with van der Waals surface area (Å²) in [6.45, 7) is 4.39. The zero-order chi connectivity index (χ0) is 10.4. The summed E-state index contributed by atoms with van der Waals surface area (Å²) in [4.78, 5) is 0. The van der Waals surface area contributed by atoms with Crippen molar-refractivity contribution >= 4 is 15.9 Å². The molecule has 1 aliphatic heterocycles. The summed E-state index contributed by atoms with van der Waals surface area (Å²) < 4.78 is 10.8. The molecule has 1 heterocycles. The summed E-state index contributed by atoms with van der Waals surface area (Å²) in [6.07, 6.45) is 0. The largest absolute Gasteiger partial charge is 0.318 e. The zero-order valence-electron chi connectivity index (χ0n) is 8.50. The zero-order valence-corrected chi connectivity index (χ0v) is 10.1. The Bertz CT molecular complexity index is 252. The van der Waals surface area contributed by atoms with E-state index in [1.807, 2.05) is 44.2 Å². The van der Waals surface area contributed by atoms with Gasteiger partial charge in [0.05, 0.1) is 5.33 Å². The van der Waals surface area contributed by atoms with Crippen LogP contribution < -0.4 is 0 Å². The fourth-order valence-electron chi connectivity index (χ4n) is 1.21. The van der Waals surface area contributed by atoms with Gasteiger partial charge in [0.15, 0.2) is 6.79 Å². The molecular weight excluding hydrogens is 244 g/mol. The first kappa shape index (κ1) is 11.7. The third-order valence-electron chi connectivity index (χ3n) is 1.97. The van der Waals surface area contributed by atoms with E-state index in [0.717, 1.165) is 5.56 Å². The highest BCUT2D eigenvalue weighted by atomic mass is 79.9. The molecule has 78 valence electrons. The summed E-state index contributed by atoms with van der Waals surface area (Å²) in [6, 6.07) is 9.93. The van der Waals surface area contributed by atoms with Crippen molar-refractivity contribution in [1.29, 1.82) is 0 Å². The minimum Gasteiger partial charge on any atom is -0.318 e. The highest BCUT2D eigenvalue weighted by Crippen LogP contribution is 2.35. The molecule has 14 heavy (non-hydrogen) atoms. The van der Waals surface area contributed by atoms with Crippen molar-refractivity contribution in [2.45, 2.75) is 19.6 Å². The van der Waals surface area contributed by atoms with Crippen LogP contribution in [0.3, 0.4) is 0 Å². The second-order valence-corrected chi connectivity index (χ2v) is 3.22. The van der Waals surface area contributed by atoms with E-state index in [0.29, 0.717) is 12.1 Å². The van der Waals surface area contributed by atoms with Crippen molar-refractivity contribution in [3.63, 3.8) is 0 Å². The summed E-state index contributed by atoms with van der Waals surface area (Å²) in [5.41, 5.74) is 1.06. The lowest BCUT2D eigenvalue weighted by Crippen LogP contribution is -2.45. The predicted octanol–water partition coefficient (Wildman–Crippen LogP) is 3.26. The minimum absolute atomic E-state index is 0.389. The summed E-state index contributed by atoms with van der Waals surface area (Å²) in [5, 5.41) is 0.671. The second kappa shape index (κ2) is 5.49. The maximum atomic E-state index is 5.38. The van der Waals surface area contributed by atoms with Gasteiger partial charge in [-0.1, -0.05) is 60.1 Å². The Labute approximate surface area is 93.4 Å². The molecule has 2 nitrogen and oxygen atoms in total. The van der Waals surface area contributed by atoms with E-state index < -0.39 is 5.79 Å². The maximum absolute atomic E-state index is 5.38. The highest BCUT2D eigenvalue weighted by molar-refractivity contribution is 9.09. The summed E-state index contributed by atoms with van der Waals surface area (Å²) >= 11 is 3.37. The van der Waals surface area contributed by atoms with Crippen LogP contribution in [0.5, 0.6) is 0 Å². The van der Waals surface area contributed by atoms with Gasteiger partial charge in [-0.3, -0.25) is 0 Å². The average molecular weight is 259 g/mol. The Morgan fingerprint density at radius 1 is 1.21 bits per heavy atom. The molecule has 0 N–H and O–H groups in total. The first-order valence-electron chi connectivity index (χ1n) is 4.77. The van der Waals surface area contributed by atoms with Gasteiger partial charge >= 0.3 is 0 Å². The molecule has 0 unspecified atom stereocenters. The van der Waals surface area contributed by atoms with Crippen LogP contribution in [0.25, 0.3) is 0 Å². The van der Waals surface area contributed by atoms with E-state index in [1.54, 1.807) is 0 Å². The number of hydrogen-bond donors (Lipinski definition) is 0. The molecule has 0 atom stereocenters. The molecule has 0 amide bonds. The van der Waals surface area contributed by atoms with Crippen molar-refractivity contribution in [3.05, 3.63) is 35.9 Å². The topological polar surface area (TPSA) is 18.5 Å². The predicted molar refractivity (Wildman–Crippen MR) is 60.3 cm³/mol. The molecule has 1 aliphatic rings. The van der Waals surface area contributed by atoms with Gasteiger partial charge in [-0.15, -0.1) is 0 Å². The molecule has 1 aromatic carbocycles. The second-order valence-electron chi connectivity index (χ2n) is 2.66. The van der Waals surface area contributed by atoms with Gasteiger partial charge in [-0.25, -0.2) is 0 Å². The van der Waals surface area contributed by atoms with E-state index in [2.05, 4.69) is 15.9 Å². The van der Waals surface area contributed by atoms with Crippen molar-refractivity contribution in [3.8, 4) is 0 Å². The molecule has 0 saturated carbocycles. The molecule has 0 spiro atoms. The molecule has 0 aromatic heterocycles. The standard InChI is InChI=1S/C9H9BrO2.C2H6/c10-6-9(11-7-12-9)8-4-2-1-3-5-8;1-2/h1-5H,6-7H2;1-2H3. The van der Waals surface area contributed by atoms with Crippen molar-refractivity contribution < 1.29 is 9.47 Å². The van der Waals surface area contributed by atoms with Crippen LogP contribution in [-0.2, 0) is 15.3 Å². The van der Waals surface area contributed by atoms with Gasteiger partial charge in [0.2, 0.25) is 5.79 Å². The lowest BCUT2D eigenvalue weighted by atomic mass is 10.1. The molecule has 3 heteroatoms. The smallest absolute Gasteiger partial charge is 0.209 e. The van der Waals surface area contributed by atoms with Gasteiger partial charge in [0, 0.05) is 5.56 Å². The monoisotopic (exact) mass is 258 g/mol. The molecule has 0 radical (unpaired) electrons. The molecule has 0 bridgehead atoms. The molecule has 2 rings (SSSR count). The first-order valence-corrected chi connectivity index (χ1v) is 5.89. The number of rotatable bonds is 2. The maximum Gasteiger partial charge on any atom is 0.209 e. The lowest BCUT2D eigenvalue weighted by Gasteiger charge is -2.40. The number of ether oxygens (including phenoxy) is 2. The van der Waals surface area contributed by atoms with E-state index in [1.165, 1.54) is 0 Å². The van der Waals surface area contributed by atoms with Gasteiger partial charge in [-0.05, 0) is 0 Å². The fourth-order valence-corrected chi connectivity index (χ4v) is 1.86. The lowest BCUT2D eigenvalue weighted by molar-refractivity contribution is -0.396. The number of hydrogen-bond acceptors (Lipinski definition) is 2. The SMILES string of the molecule is BrCC1(c2ccccc2)OCO1.CC. The van der Waals surface area contributed by atoms with Crippen molar-refractivity contribution in [1.82, 2.24) is 0 Å². The van der Waals surface area contributed by atoms with Crippen LogP contribution >= 0.6 is 15.9 Å². The molecule has 1 aromatic rings. The highest BCUT2D eigenvalue weighted by Gasteiger charge is 2.40. The molecule has 1 fully saturated rings. The minimum atomic E-state index is -0.527. The summed E-state index contributed by atoms with van der Waals surface area (Å²) in [7, 11) is 0. The van der Waals surface area contributed by atoms with E-state index in [-0.39, 0.29) is 0 Å². The van der Waals surface area contributed by atoms with E-state index in [9.17, 15) is 0 Å². The third-order valence-corrected chi connectivity index (χ3v) is 2.71. The number of benzene rings is 1. The number of alkyl halides is 1. The fraction of sp³-hybridized carbons (Fsp3) is 0.455. The van der Waals surface area contributed by atoms with Crippen LogP contribution in [-0.4, -0.2) is 12.1 Å². The van der Waals surface area contributed by atoms with Crippen molar-refractivity contribution in [2.24, 2.45) is 0 Å². The van der Waals surface area contributed by atoms with Crippen LogP contribution in [0.2, 0.25) is 0 Å². The molecular formula is C11H15BrO2. The van der Waals surface area contributed by atoms with Gasteiger partial charge < -0.3 is 9.47 Å². The molecule has 0 aliphatic carbocycles. The van der Waals surface area contributed by atoms with Crippen LogP contribution in [0, 0.1) is 0 Å². The number of halogens is 1. The Kier molecular flexibility index (Phi) is 4.58. The van der Waals surface area contributed by atoms with Gasteiger partial charge in [0.1, 0.15) is 0 Å². The van der Waals surface area contributed by atoms with Gasteiger partial charge in [-0.2, -0.15) is 0 Å². The average Bonchev–Trinajstić information content (AvgIpc) is 2.22. The first-order chi connectivity index (χ1) is 6.87. The summed E-state index contributed by atoms with van der Waals surface area (Å²) in [5.74, 6) is -0.527. The van der Waals surface area contributed by atoms with Crippen molar-refractivity contribution in [2.75, 3.05) is 12.1 Å². The Morgan fingerprint density at radius 3 is 2.14 bits per heavy atom. The van der Waals surface area contributed by atoms with Crippen LogP contribution in [0.15, 0.2) is 30.3 Å². The van der Waals surface area contributed by atoms with E-state index in [4.69, 9.17) is 9.47 Å². The Balaban J connectivity index is 0.000000461. The van der Waals surface area contributed by atoms with Crippen LogP contribution in [0.1, 0.15) is 19.4 Å². The quantitative estimate of drug-likeness (QED) is 0.759. The van der Waals surface area contributed by atoms with Crippen LogP contribution in [0.4, 0.5) is 0 Å². The molecule has 1 saturated heterocycles. The van der Waals surface area contributed by atoms with E-state index >= 15 is 0 Å². The van der Waals surface area contributed by atoms with Gasteiger partial charge in [0.25, 0.3) is 0 Å². The Hall–Kier alpha value is -0.380.